The molecule has 0 aromatic heterocycles. The van der Waals surface area contributed by atoms with Crippen LogP contribution in [-0.4, -0.2) is 13.1 Å². The Kier molecular flexibility index (Phi) is 3.98. The van der Waals surface area contributed by atoms with Gasteiger partial charge in [0.2, 0.25) is 0 Å². The first-order valence-corrected chi connectivity index (χ1v) is 5.51. The molecule has 76 valence electrons. The molecule has 1 N–H and O–H groups in total. The summed E-state index contributed by atoms with van der Waals surface area (Å²) < 4.78 is 0. The van der Waals surface area contributed by atoms with Gasteiger partial charge in [0, 0.05) is 6.54 Å². The van der Waals surface area contributed by atoms with Crippen molar-refractivity contribution in [3.63, 3.8) is 0 Å². The van der Waals surface area contributed by atoms with E-state index in [9.17, 15) is 0 Å². The lowest BCUT2D eigenvalue weighted by Crippen LogP contribution is -2.16. The molecule has 1 nitrogen and oxygen atoms in total. The van der Waals surface area contributed by atoms with Crippen molar-refractivity contribution in [2.24, 2.45) is 17.8 Å². The van der Waals surface area contributed by atoms with E-state index in [1.807, 2.05) is 0 Å². The zero-order valence-corrected chi connectivity index (χ0v) is 9.27. The quantitative estimate of drug-likeness (QED) is 0.658. The Morgan fingerprint density at radius 1 is 1.54 bits per heavy atom. The third kappa shape index (κ3) is 2.84. The Morgan fingerprint density at radius 3 is 2.77 bits per heavy atom. The van der Waals surface area contributed by atoms with Crippen LogP contribution in [-0.2, 0) is 0 Å². The van der Waals surface area contributed by atoms with Crippen molar-refractivity contribution >= 4 is 0 Å². The number of nitrogens with one attached hydrogen (secondary N) is 1. The summed E-state index contributed by atoms with van der Waals surface area (Å²) in [4.78, 5) is 0. The van der Waals surface area contributed by atoms with Crippen molar-refractivity contribution in [3.05, 3.63) is 12.2 Å². The summed E-state index contributed by atoms with van der Waals surface area (Å²) in [7, 11) is 0. The van der Waals surface area contributed by atoms with E-state index in [-0.39, 0.29) is 0 Å². The molecular weight excluding hydrogens is 158 g/mol. The van der Waals surface area contributed by atoms with E-state index in [1.165, 1.54) is 25.0 Å². The third-order valence-corrected chi connectivity index (χ3v) is 3.37. The molecular formula is C12H23N. The van der Waals surface area contributed by atoms with Crippen LogP contribution in [0.1, 0.15) is 33.6 Å². The summed E-state index contributed by atoms with van der Waals surface area (Å²) in [5.41, 5.74) is 1.36. The lowest BCUT2D eigenvalue weighted by molar-refractivity contribution is 0.357. The van der Waals surface area contributed by atoms with Gasteiger partial charge < -0.3 is 5.32 Å². The fourth-order valence-electron chi connectivity index (χ4n) is 2.24. The van der Waals surface area contributed by atoms with Gasteiger partial charge in [-0.1, -0.05) is 32.4 Å². The van der Waals surface area contributed by atoms with Gasteiger partial charge in [-0.2, -0.15) is 0 Å². The first-order valence-electron chi connectivity index (χ1n) is 5.51. The molecule has 1 heterocycles. The van der Waals surface area contributed by atoms with E-state index in [0.29, 0.717) is 0 Å². The second kappa shape index (κ2) is 4.80. The van der Waals surface area contributed by atoms with Crippen molar-refractivity contribution in [2.45, 2.75) is 33.6 Å². The average molecular weight is 181 g/mol. The molecule has 3 atom stereocenters. The summed E-state index contributed by atoms with van der Waals surface area (Å²) in [6.07, 6.45) is 2.67. The lowest BCUT2D eigenvalue weighted by Gasteiger charge is -2.21. The van der Waals surface area contributed by atoms with Crippen LogP contribution in [0.15, 0.2) is 12.2 Å². The molecule has 1 rings (SSSR count). The van der Waals surface area contributed by atoms with Crippen LogP contribution >= 0.6 is 0 Å². The van der Waals surface area contributed by atoms with E-state index < -0.39 is 0 Å². The Morgan fingerprint density at radius 2 is 2.23 bits per heavy atom. The van der Waals surface area contributed by atoms with Gasteiger partial charge >= 0.3 is 0 Å². The Hall–Kier alpha value is -0.300. The van der Waals surface area contributed by atoms with Crippen molar-refractivity contribution < 1.29 is 0 Å². The molecule has 1 heteroatoms. The second-order valence-corrected chi connectivity index (χ2v) is 4.62. The van der Waals surface area contributed by atoms with Gasteiger partial charge in [-0.3, -0.25) is 0 Å². The topological polar surface area (TPSA) is 12.0 Å². The van der Waals surface area contributed by atoms with E-state index in [0.717, 1.165) is 24.3 Å². The van der Waals surface area contributed by atoms with Crippen LogP contribution in [0.2, 0.25) is 0 Å². The van der Waals surface area contributed by atoms with Crippen molar-refractivity contribution in [1.29, 1.82) is 0 Å². The molecule has 1 aliphatic heterocycles. The summed E-state index contributed by atoms with van der Waals surface area (Å²) >= 11 is 0. The standard InChI is InChI=1S/C12H23N/c1-5-10(4)6-11-7-13-8-12(11)9(2)3/h10-13H,2,5-8H2,1,3-4H3/t10?,11-,12-/m1/s1. The summed E-state index contributed by atoms with van der Waals surface area (Å²) in [5, 5.41) is 3.47. The normalized spacial score (nSPS) is 30.4. The fourth-order valence-corrected chi connectivity index (χ4v) is 2.24. The first-order chi connectivity index (χ1) is 6.15. The third-order valence-electron chi connectivity index (χ3n) is 3.37. The summed E-state index contributed by atoms with van der Waals surface area (Å²) in [6.45, 7) is 13.2. The Labute approximate surface area is 82.6 Å². The minimum Gasteiger partial charge on any atom is -0.316 e. The Bertz CT molecular complexity index is 174. The van der Waals surface area contributed by atoms with Crippen molar-refractivity contribution in [2.75, 3.05) is 13.1 Å². The van der Waals surface area contributed by atoms with Crippen LogP contribution in [0.5, 0.6) is 0 Å². The molecule has 0 spiro atoms. The molecule has 13 heavy (non-hydrogen) atoms. The predicted octanol–water partition coefficient (Wildman–Crippen LogP) is 2.83. The maximum absolute atomic E-state index is 4.08. The lowest BCUT2D eigenvalue weighted by atomic mass is 9.83. The monoisotopic (exact) mass is 181 g/mol. The molecule has 1 fully saturated rings. The maximum atomic E-state index is 4.08. The second-order valence-electron chi connectivity index (χ2n) is 4.62. The molecule has 0 bridgehead atoms. The molecule has 1 aliphatic rings. The molecule has 0 aromatic rings. The molecule has 1 saturated heterocycles. The number of rotatable bonds is 4. The highest BCUT2D eigenvalue weighted by Gasteiger charge is 2.27. The maximum Gasteiger partial charge on any atom is 0.00199 e. The molecule has 0 aromatic carbocycles. The van der Waals surface area contributed by atoms with Crippen LogP contribution in [0, 0.1) is 17.8 Å². The van der Waals surface area contributed by atoms with Crippen LogP contribution in [0.25, 0.3) is 0 Å². The minimum absolute atomic E-state index is 0.731. The van der Waals surface area contributed by atoms with Gasteiger partial charge in [0.25, 0.3) is 0 Å². The van der Waals surface area contributed by atoms with Gasteiger partial charge in [-0.05, 0) is 37.6 Å². The van der Waals surface area contributed by atoms with Crippen LogP contribution in [0.4, 0.5) is 0 Å². The predicted molar refractivity (Wildman–Crippen MR) is 58.7 cm³/mol. The van der Waals surface area contributed by atoms with Crippen molar-refractivity contribution in [3.8, 4) is 0 Å². The van der Waals surface area contributed by atoms with Gasteiger partial charge in [0.05, 0.1) is 0 Å². The van der Waals surface area contributed by atoms with Gasteiger partial charge in [-0.25, -0.2) is 0 Å². The highest BCUT2D eigenvalue weighted by Crippen LogP contribution is 2.29. The SMILES string of the molecule is C=C(C)[C@H]1CNC[C@H]1CC(C)CC. The molecule has 1 unspecified atom stereocenters. The zero-order chi connectivity index (χ0) is 9.84. The molecule has 0 aliphatic carbocycles. The molecule has 0 saturated carbocycles. The largest absolute Gasteiger partial charge is 0.316 e. The van der Waals surface area contributed by atoms with Gasteiger partial charge in [-0.15, -0.1) is 0 Å². The van der Waals surface area contributed by atoms with Crippen molar-refractivity contribution in [1.82, 2.24) is 5.32 Å². The highest BCUT2D eigenvalue weighted by molar-refractivity contribution is 5.03. The van der Waals surface area contributed by atoms with Crippen LogP contribution in [0.3, 0.4) is 0 Å². The van der Waals surface area contributed by atoms with E-state index >= 15 is 0 Å². The van der Waals surface area contributed by atoms with Gasteiger partial charge in [0.1, 0.15) is 0 Å². The number of hydrogen-bond acceptors (Lipinski definition) is 1. The Balaban J connectivity index is 2.44. The summed E-state index contributed by atoms with van der Waals surface area (Å²) in [6, 6.07) is 0. The zero-order valence-electron chi connectivity index (χ0n) is 9.27. The smallest absolute Gasteiger partial charge is 0.00199 e. The summed E-state index contributed by atoms with van der Waals surface area (Å²) in [5.74, 6) is 2.44. The average Bonchev–Trinajstić information content (AvgIpc) is 2.52. The first kappa shape index (κ1) is 10.8. The van der Waals surface area contributed by atoms with E-state index in [4.69, 9.17) is 0 Å². The van der Waals surface area contributed by atoms with E-state index in [1.54, 1.807) is 0 Å². The number of hydrogen-bond donors (Lipinski definition) is 1. The highest BCUT2D eigenvalue weighted by atomic mass is 14.9. The fraction of sp³-hybridized carbons (Fsp3) is 0.833. The molecule has 0 amide bonds. The van der Waals surface area contributed by atoms with Gasteiger partial charge in [0.15, 0.2) is 0 Å². The van der Waals surface area contributed by atoms with Crippen LogP contribution < -0.4 is 5.32 Å². The minimum atomic E-state index is 0.731. The molecule has 0 radical (unpaired) electrons. The van der Waals surface area contributed by atoms with E-state index in [2.05, 4.69) is 32.7 Å².